The van der Waals surface area contributed by atoms with Crippen molar-refractivity contribution in [2.75, 3.05) is 13.1 Å². The smallest absolute Gasteiger partial charge is 0.410 e. The van der Waals surface area contributed by atoms with E-state index in [-0.39, 0.29) is 12.7 Å². The first-order valence-electron chi connectivity index (χ1n) is 7.27. The fourth-order valence-corrected chi connectivity index (χ4v) is 2.18. The van der Waals surface area contributed by atoms with Gasteiger partial charge in [-0.25, -0.2) is 4.79 Å². The predicted octanol–water partition coefficient (Wildman–Crippen LogP) is 1.89. The van der Waals surface area contributed by atoms with E-state index in [1.165, 1.54) is 0 Å². The Balaban J connectivity index is 1.72. The minimum absolute atomic E-state index is 0.0592. The van der Waals surface area contributed by atoms with Crippen LogP contribution in [0.5, 0.6) is 0 Å². The van der Waals surface area contributed by atoms with Gasteiger partial charge in [-0.1, -0.05) is 24.3 Å². The van der Waals surface area contributed by atoms with E-state index in [0.717, 1.165) is 17.7 Å². The van der Waals surface area contributed by atoms with Gasteiger partial charge in [0.25, 0.3) is 0 Å². The number of carbonyl (C=O) groups is 1. The molecule has 1 aromatic carbocycles. The lowest BCUT2D eigenvalue weighted by molar-refractivity contribution is 0.00518. The summed E-state index contributed by atoms with van der Waals surface area (Å²) in [5, 5.41) is 12.5. The number of carbonyl (C=O) groups excluding carboxylic acids is 1. The van der Waals surface area contributed by atoms with Crippen molar-refractivity contribution in [3.63, 3.8) is 0 Å². The van der Waals surface area contributed by atoms with Gasteiger partial charge in [0.2, 0.25) is 0 Å². The Morgan fingerprint density at radius 3 is 2.67 bits per heavy atom. The van der Waals surface area contributed by atoms with Gasteiger partial charge in [-0.2, -0.15) is 0 Å². The molecule has 0 radical (unpaired) electrons. The molecule has 0 spiro atoms. The summed E-state index contributed by atoms with van der Waals surface area (Å²) in [5.41, 5.74) is 1.61. The molecule has 0 bridgehead atoms. The molecule has 2 rings (SSSR count). The Morgan fingerprint density at radius 1 is 1.38 bits per heavy atom. The zero-order valence-electron chi connectivity index (χ0n) is 12.9. The summed E-state index contributed by atoms with van der Waals surface area (Å²) in [7, 11) is 0. The van der Waals surface area contributed by atoms with Gasteiger partial charge in [0.15, 0.2) is 0 Å². The second-order valence-electron chi connectivity index (χ2n) is 6.44. The van der Waals surface area contributed by atoms with Gasteiger partial charge < -0.3 is 20.1 Å². The van der Waals surface area contributed by atoms with Crippen LogP contribution in [0.15, 0.2) is 24.3 Å². The van der Waals surface area contributed by atoms with Gasteiger partial charge in [0.05, 0.1) is 6.61 Å². The average Bonchev–Trinajstić information content (AvgIpc) is 2.35. The number of nitrogens with one attached hydrogen (secondary N) is 1. The Labute approximate surface area is 125 Å². The minimum Gasteiger partial charge on any atom is -0.444 e. The van der Waals surface area contributed by atoms with Crippen molar-refractivity contribution in [2.45, 2.75) is 45.6 Å². The topological polar surface area (TPSA) is 61.8 Å². The number of hydrogen-bond donors (Lipinski definition) is 2. The van der Waals surface area contributed by atoms with Gasteiger partial charge in [-0.3, -0.25) is 0 Å². The van der Waals surface area contributed by atoms with Crippen LogP contribution in [0, 0.1) is 0 Å². The van der Waals surface area contributed by atoms with E-state index >= 15 is 0 Å². The molecular weight excluding hydrogens is 268 g/mol. The van der Waals surface area contributed by atoms with Crippen LogP contribution >= 0.6 is 0 Å². The standard InChI is InChI=1S/C16H24N2O3/c1-16(2,3)21-15(20)18-9-14(10-18)17-8-12-5-4-6-13(7-12)11-19/h4-7,14,17,19H,8-11H2,1-3H3. The van der Waals surface area contributed by atoms with Gasteiger partial charge in [0.1, 0.15) is 5.60 Å². The summed E-state index contributed by atoms with van der Waals surface area (Å²) < 4.78 is 5.31. The van der Waals surface area contributed by atoms with E-state index in [0.29, 0.717) is 19.1 Å². The van der Waals surface area contributed by atoms with Crippen molar-refractivity contribution in [3.05, 3.63) is 35.4 Å². The zero-order valence-corrected chi connectivity index (χ0v) is 12.9. The minimum atomic E-state index is -0.444. The van der Waals surface area contributed by atoms with E-state index < -0.39 is 5.60 Å². The first kappa shape index (κ1) is 15.8. The lowest BCUT2D eigenvalue weighted by atomic mass is 10.1. The second kappa shape index (κ2) is 6.45. The number of ether oxygens (including phenoxy) is 1. The first-order chi connectivity index (χ1) is 9.87. The highest BCUT2D eigenvalue weighted by Crippen LogP contribution is 2.15. The zero-order chi connectivity index (χ0) is 15.5. The van der Waals surface area contributed by atoms with Crippen LogP contribution in [0.3, 0.4) is 0 Å². The monoisotopic (exact) mass is 292 g/mol. The summed E-state index contributed by atoms with van der Waals surface area (Å²) in [5.74, 6) is 0. The van der Waals surface area contributed by atoms with Crippen molar-refractivity contribution >= 4 is 6.09 Å². The summed E-state index contributed by atoms with van der Waals surface area (Å²) in [6.07, 6.45) is -0.247. The third-order valence-electron chi connectivity index (χ3n) is 3.30. The molecule has 1 aromatic rings. The van der Waals surface area contributed by atoms with Crippen LogP contribution in [0.4, 0.5) is 4.79 Å². The molecule has 0 atom stereocenters. The molecule has 0 aromatic heterocycles. The molecule has 1 fully saturated rings. The lowest BCUT2D eigenvalue weighted by Gasteiger charge is -2.40. The second-order valence-corrected chi connectivity index (χ2v) is 6.44. The van der Waals surface area contributed by atoms with Crippen molar-refractivity contribution in [2.24, 2.45) is 0 Å². The molecule has 1 amide bonds. The van der Waals surface area contributed by atoms with E-state index in [1.807, 2.05) is 45.0 Å². The highest BCUT2D eigenvalue weighted by Gasteiger charge is 2.33. The normalized spacial score (nSPS) is 15.7. The van der Waals surface area contributed by atoms with Gasteiger partial charge in [-0.05, 0) is 31.9 Å². The van der Waals surface area contributed by atoms with Crippen LogP contribution in [0.2, 0.25) is 0 Å². The number of nitrogens with zero attached hydrogens (tertiary/aromatic N) is 1. The van der Waals surface area contributed by atoms with Crippen LogP contribution in [-0.2, 0) is 17.9 Å². The summed E-state index contributed by atoms with van der Waals surface area (Å²) in [4.78, 5) is 13.5. The third-order valence-corrected chi connectivity index (χ3v) is 3.30. The Morgan fingerprint density at radius 2 is 2.05 bits per heavy atom. The molecule has 0 saturated carbocycles. The SMILES string of the molecule is CC(C)(C)OC(=O)N1CC(NCc2cccc(CO)c2)C1. The molecule has 1 saturated heterocycles. The van der Waals surface area contributed by atoms with Crippen molar-refractivity contribution in [3.8, 4) is 0 Å². The van der Waals surface area contributed by atoms with E-state index in [2.05, 4.69) is 5.32 Å². The average molecular weight is 292 g/mol. The summed E-state index contributed by atoms with van der Waals surface area (Å²) in [6.45, 7) is 7.76. The van der Waals surface area contributed by atoms with E-state index in [4.69, 9.17) is 9.84 Å². The molecule has 5 heteroatoms. The number of likely N-dealkylation sites (tertiary alicyclic amines) is 1. The molecule has 0 aliphatic carbocycles. The maximum atomic E-state index is 11.8. The molecule has 1 aliphatic heterocycles. The van der Waals surface area contributed by atoms with Gasteiger partial charge >= 0.3 is 6.09 Å². The molecule has 2 N–H and O–H groups in total. The largest absolute Gasteiger partial charge is 0.444 e. The molecular formula is C16H24N2O3. The molecule has 5 nitrogen and oxygen atoms in total. The van der Waals surface area contributed by atoms with Crippen molar-refractivity contribution < 1.29 is 14.6 Å². The van der Waals surface area contributed by atoms with E-state index in [1.54, 1.807) is 4.90 Å². The lowest BCUT2D eigenvalue weighted by Crippen LogP contribution is -2.60. The van der Waals surface area contributed by atoms with Crippen LogP contribution in [0.25, 0.3) is 0 Å². The Kier molecular flexibility index (Phi) is 4.85. The number of amides is 1. The highest BCUT2D eigenvalue weighted by atomic mass is 16.6. The van der Waals surface area contributed by atoms with Gasteiger partial charge in [0, 0.05) is 25.7 Å². The quantitative estimate of drug-likeness (QED) is 0.889. The Hall–Kier alpha value is -1.59. The summed E-state index contributed by atoms with van der Waals surface area (Å²) >= 11 is 0. The predicted molar refractivity (Wildman–Crippen MR) is 80.8 cm³/mol. The number of rotatable bonds is 4. The molecule has 1 heterocycles. The number of benzene rings is 1. The fraction of sp³-hybridized carbons (Fsp3) is 0.562. The molecule has 0 unspecified atom stereocenters. The van der Waals surface area contributed by atoms with Crippen molar-refractivity contribution in [1.82, 2.24) is 10.2 Å². The third kappa shape index (κ3) is 4.72. The number of hydrogen-bond acceptors (Lipinski definition) is 4. The van der Waals surface area contributed by atoms with Crippen LogP contribution in [0.1, 0.15) is 31.9 Å². The molecule has 116 valence electrons. The maximum absolute atomic E-state index is 11.8. The Bertz CT molecular complexity index is 491. The molecule has 1 aliphatic rings. The van der Waals surface area contributed by atoms with Gasteiger partial charge in [-0.15, -0.1) is 0 Å². The highest BCUT2D eigenvalue weighted by molar-refractivity contribution is 5.69. The van der Waals surface area contributed by atoms with Crippen molar-refractivity contribution in [1.29, 1.82) is 0 Å². The number of aliphatic hydroxyl groups excluding tert-OH is 1. The van der Waals surface area contributed by atoms with E-state index in [9.17, 15) is 4.79 Å². The number of aliphatic hydroxyl groups is 1. The first-order valence-corrected chi connectivity index (χ1v) is 7.27. The molecule has 21 heavy (non-hydrogen) atoms. The summed E-state index contributed by atoms with van der Waals surface area (Å²) in [6, 6.07) is 8.15. The maximum Gasteiger partial charge on any atom is 0.410 e. The fourth-order valence-electron chi connectivity index (χ4n) is 2.18. The van der Waals surface area contributed by atoms with Crippen LogP contribution < -0.4 is 5.32 Å². The van der Waals surface area contributed by atoms with Crippen LogP contribution in [-0.4, -0.2) is 40.8 Å².